The highest BCUT2D eigenvalue weighted by atomic mass is 19.4. The van der Waals surface area contributed by atoms with Gasteiger partial charge in [-0.1, -0.05) is 36.4 Å². The summed E-state index contributed by atoms with van der Waals surface area (Å²) in [6.07, 6.45) is -3.26. The highest BCUT2D eigenvalue weighted by molar-refractivity contribution is 5.98. The van der Waals surface area contributed by atoms with Crippen LogP contribution in [0.15, 0.2) is 60.8 Å². The maximum absolute atomic E-state index is 13.0. The molecule has 1 atom stereocenters. The van der Waals surface area contributed by atoms with Crippen molar-refractivity contribution in [2.24, 2.45) is 5.73 Å². The Kier molecular flexibility index (Phi) is 5.77. The van der Waals surface area contributed by atoms with Gasteiger partial charge in [-0.05, 0) is 23.8 Å². The number of nitrogens with two attached hydrogens (primary N) is 1. The molecule has 2 amide bonds. The summed E-state index contributed by atoms with van der Waals surface area (Å²) >= 11 is 0. The van der Waals surface area contributed by atoms with Gasteiger partial charge in [-0.25, -0.2) is 4.68 Å². The van der Waals surface area contributed by atoms with E-state index >= 15 is 0 Å². The lowest BCUT2D eigenvalue weighted by Crippen LogP contribution is -2.37. The molecule has 3 aromatic rings. The second kappa shape index (κ2) is 8.27. The first-order chi connectivity index (χ1) is 14.2. The van der Waals surface area contributed by atoms with Gasteiger partial charge in [0.2, 0.25) is 5.91 Å². The minimum atomic E-state index is -4.53. The minimum Gasteiger partial charge on any atom is -0.493 e. The van der Waals surface area contributed by atoms with E-state index in [1.165, 1.54) is 25.4 Å². The third-order valence-corrected chi connectivity index (χ3v) is 4.25. The monoisotopic (exact) mass is 418 g/mol. The summed E-state index contributed by atoms with van der Waals surface area (Å²) in [5, 5.41) is 6.52. The molecule has 0 spiro atoms. The summed E-state index contributed by atoms with van der Waals surface area (Å²) in [6.45, 7) is 0. The van der Waals surface area contributed by atoms with Crippen molar-refractivity contribution in [3.8, 4) is 11.4 Å². The zero-order valence-corrected chi connectivity index (χ0v) is 15.7. The summed E-state index contributed by atoms with van der Waals surface area (Å²) < 4.78 is 45.2. The number of primary amides is 1. The van der Waals surface area contributed by atoms with Crippen molar-refractivity contribution in [3.05, 3.63) is 77.6 Å². The largest absolute Gasteiger partial charge is 0.493 e. The van der Waals surface area contributed by atoms with Crippen LogP contribution < -0.4 is 15.8 Å². The molecule has 0 aliphatic heterocycles. The number of methoxy groups -OCH3 is 1. The van der Waals surface area contributed by atoms with E-state index in [2.05, 4.69) is 10.4 Å². The average Bonchev–Trinajstić information content (AvgIpc) is 3.16. The Labute approximate surface area is 169 Å². The van der Waals surface area contributed by atoms with Gasteiger partial charge in [-0.2, -0.15) is 18.3 Å². The quantitative estimate of drug-likeness (QED) is 0.643. The molecule has 0 saturated heterocycles. The van der Waals surface area contributed by atoms with Gasteiger partial charge >= 0.3 is 6.18 Å². The van der Waals surface area contributed by atoms with Gasteiger partial charge in [0, 0.05) is 0 Å². The molecule has 1 unspecified atom stereocenters. The van der Waals surface area contributed by atoms with Crippen LogP contribution in [0.5, 0.6) is 5.75 Å². The lowest BCUT2D eigenvalue weighted by Gasteiger charge is -2.15. The number of amides is 2. The van der Waals surface area contributed by atoms with Crippen LogP contribution >= 0.6 is 0 Å². The highest BCUT2D eigenvalue weighted by Gasteiger charge is 2.31. The van der Waals surface area contributed by atoms with Crippen LogP contribution in [0.2, 0.25) is 0 Å². The lowest BCUT2D eigenvalue weighted by atomic mass is 10.1. The molecule has 30 heavy (non-hydrogen) atoms. The van der Waals surface area contributed by atoms with Crippen molar-refractivity contribution in [3.63, 3.8) is 0 Å². The first kappa shape index (κ1) is 20.9. The highest BCUT2D eigenvalue weighted by Crippen LogP contribution is 2.31. The number of ether oxygens (including phenoxy) is 1. The normalized spacial score (nSPS) is 12.3. The van der Waals surface area contributed by atoms with Gasteiger partial charge in [-0.3, -0.25) is 9.59 Å². The fraction of sp³-hybridized carbons (Fsp3) is 0.150. The van der Waals surface area contributed by atoms with Crippen LogP contribution in [0.1, 0.15) is 27.7 Å². The summed E-state index contributed by atoms with van der Waals surface area (Å²) in [5.74, 6) is -1.54. The number of hydrogen-bond acceptors (Lipinski definition) is 4. The molecule has 0 aliphatic rings. The van der Waals surface area contributed by atoms with E-state index in [4.69, 9.17) is 10.5 Å². The Hall–Kier alpha value is -3.82. The summed E-state index contributed by atoms with van der Waals surface area (Å²) in [4.78, 5) is 24.6. The van der Waals surface area contributed by atoms with E-state index in [9.17, 15) is 22.8 Å². The number of carbonyl (C=O) groups excluding carboxylic acids is 2. The molecule has 1 aromatic heterocycles. The second-order valence-corrected chi connectivity index (χ2v) is 6.26. The van der Waals surface area contributed by atoms with Gasteiger partial charge in [-0.15, -0.1) is 0 Å². The van der Waals surface area contributed by atoms with E-state index in [0.29, 0.717) is 5.56 Å². The van der Waals surface area contributed by atoms with Crippen LogP contribution in [0.4, 0.5) is 13.2 Å². The van der Waals surface area contributed by atoms with E-state index < -0.39 is 29.6 Å². The van der Waals surface area contributed by atoms with Gasteiger partial charge < -0.3 is 15.8 Å². The van der Waals surface area contributed by atoms with Crippen molar-refractivity contribution in [2.75, 3.05) is 7.11 Å². The third-order valence-electron chi connectivity index (χ3n) is 4.25. The molecule has 1 heterocycles. The molecule has 0 fully saturated rings. The van der Waals surface area contributed by atoms with Gasteiger partial charge in [0.25, 0.3) is 5.91 Å². The van der Waals surface area contributed by atoms with E-state index in [1.54, 1.807) is 30.3 Å². The first-order valence-corrected chi connectivity index (χ1v) is 8.67. The minimum absolute atomic E-state index is 0.0150. The van der Waals surface area contributed by atoms with Crippen LogP contribution in [0.3, 0.4) is 0 Å². The summed E-state index contributed by atoms with van der Waals surface area (Å²) in [7, 11) is 1.28. The number of nitrogens with zero attached hydrogens (tertiary/aromatic N) is 2. The molecular weight excluding hydrogens is 401 g/mol. The number of benzene rings is 2. The first-order valence-electron chi connectivity index (χ1n) is 8.67. The predicted molar refractivity (Wildman–Crippen MR) is 101 cm³/mol. The van der Waals surface area contributed by atoms with Crippen molar-refractivity contribution >= 4 is 11.8 Å². The molecular formula is C20H17F3N4O3. The Balaban J connectivity index is 1.93. The molecule has 3 rings (SSSR count). The zero-order valence-electron chi connectivity index (χ0n) is 15.7. The Bertz CT molecular complexity index is 1060. The number of aromatic nitrogens is 2. The van der Waals surface area contributed by atoms with Crippen molar-refractivity contribution in [1.29, 1.82) is 0 Å². The summed E-state index contributed by atoms with van der Waals surface area (Å²) in [5.41, 5.74) is 4.88. The molecule has 0 aliphatic carbocycles. The fourth-order valence-corrected chi connectivity index (χ4v) is 2.79. The van der Waals surface area contributed by atoms with E-state index in [1.807, 2.05) is 0 Å². The number of carbonyl (C=O) groups is 2. The fourth-order valence-electron chi connectivity index (χ4n) is 2.79. The Morgan fingerprint density at radius 1 is 1.13 bits per heavy atom. The number of hydrogen-bond donors (Lipinski definition) is 2. The molecule has 0 bridgehead atoms. The van der Waals surface area contributed by atoms with E-state index in [0.717, 1.165) is 16.8 Å². The van der Waals surface area contributed by atoms with Crippen LogP contribution in [-0.4, -0.2) is 28.7 Å². The molecule has 0 saturated carbocycles. The van der Waals surface area contributed by atoms with Crippen LogP contribution in [0.25, 0.3) is 5.69 Å². The maximum Gasteiger partial charge on any atom is 0.416 e. The third kappa shape index (κ3) is 4.43. The van der Waals surface area contributed by atoms with Gasteiger partial charge in [0.1, 0.15) is 6.04 Å². The standard InChI is InChI=1S/C20H17F3N4O3/c1-30-15-11-27(14-9-5-8-13(10-14)20(21,22)23)26-17(15)19(29)25-16(18(24)28)12-6-3-2-4-7-12/h2-11,16H,1H3,(H2,24,28)(H,25,29). The Morgan fingerprint density at radius 3 is 2.43 bits per heavy atom. The molecule has 2 aromatic carbocycles. The number of halogens is 3. The molecule has 156 valence electrons. The molecule has 7 nitrogen and oxygen atoms in total. The van der Waals surface area contributed by atoms with E-state index in [-0.39, 0.29) is 17.1 Å². The van der Waals surface area contributed by atoms with Crippen LogP contribution in [-0.2, 0) is 11.0 Å². The number of alkyl halides is 3. The predicted octanol–water partition coefficient (Wildman–Crippen LogP) is 2.86. The molecule has 3 N–H and O–H groups in total. The smallest absolute Gasteiger partial charge is 0.416 e. The molecule has 0 radical (unpaired) electrons. The maximum atomic E-state index is 13.0. The van der Waals surface area contributed by atoms with Gasteiger partial charge in [0.05, 0.1) is 24.6 Å². The van der Waals surface area contributed by atoms with Crippen LogP contribution in [0, 0.1) is 0 Å². The number of nitrogens with one attached hydrogen (secondary N) is 1. The number of rotatable bonds is 6. The van der Waals surface area contributed by atoms with Crippen molar-refractivity contribution < 1.29 is 27.5 Å². The topological polar surface area (TPSA) is 99.2 Å². The average molecular weight is 418 g/mol. The van der Waals surface area contributed by atoms with Crippen molar-refractivity contribution in [1.82, 2.24) is 15.1 Å². The molecule has 10 heteroatoms. The Morgan fingerprint density at radius 2 is 1.83 bits per heavy atom. The van der Waals surface area contributed by atoms with Gasteiger partial charge in [0.15, 0.2) is 11.4 Å². The zero-order chi connectivity index (χ0) is 21.9. The SMILES string of the molecule is COc1cn(-c2cccc(C(F)(F)F)c2)nc1C(=O)NC(C(N)=O)c1ccccc1. The van der Waals surface area contributed by atoms with Crippen molar-refractivity contribution in [2.45, 2.75) is 12.2 Å². The lowest BCUT2D eigenvalue weighted by molar-refractivity contribution is -0.137. The second-order valence-electron chi connectivity index (χ2n) is 6.26. The summed E-state index contributed by atoms with van der Waals surface area (Å²) in [6, 6.07) is 11.7.